The molecule has 1 aromatic heterocycles. The highest BCUT2D eigenvalue weighted by atomic mass is 32.2. The Hall–Kier alpha value is -1.41. The molecule has 1 aliphatic heterocycles. The van der Waals surface area contributed by atoms with Gasteiger partial charge < -0.3 is 9.64 Å². The van der Waals surface area contributed by atoms with Crippen LogP contribution in [0.3, 0.4) is 0 Å². The molecule has 3 rings (SSSR count). The standard InChI is InChI=1S/C13H20N4O3S/c1-20-12-5-6-14-13(15-12)17-7-10(9-3-4-9)11(8-17)16-21(2,18)19/h5-6,9-11,16H,3-4,7-8H2,1-2H3. The maximum atomic E-state index is 11.5. The number of nitrogens with zero attached hydrogens (tertiary/aromatic N) is 3. The van der Waals surface area contributed by atoms with E-state index in [-0.39, 0.29) is 6.04 Å². The zero-order chi connectivity index (χ0) is 15.0. The smallest absolute Gasteiger partial charge is 0.228 e. The number of ether oxygens (including phenoxy) is 1. The summed E-state index contributed by atoms with van der Waals surface area (Å²) in [6.07, 6.45) is 5.23. The molecule has 0 amide bonds. The third-order valence-electron chi connectivity index (χ3n) is 4.07. The van der Waals surface area contributed by atoms with Crippen LogP contribution in [0.2, 0.25) is 0 Å². The van der Waals surface area contributed by atoms with Gasteiger partial charge in [0.05, 0.1) is 13.4 Å². The molecule has 0 radical (unpaired) electrons. The van der Waals surface area contributed by atoms with Crippen LogP contribution in [0.25, 0.3) is 0 Å². The van der Waals surface area contributed by atoms with Crippen LogP contribution >= 0.6 is 0 Å². The zero-order valence-electron chi connectivity index (χ0n) is 12.2. The normalized spacial score (nSPS) is 26.1. The van der Waals surface area contributed by atoms with Crippen molar-refractivity contribution >= 4 is 16.0 Å². The van der Waals surface area contributed by atoms with Gasteiger partial charge in [0.2, 0.25) is 21.9 Å². The van der Waals surface area contributed by atoms with Crippen LogP contribution in [-0.2, 0) is 10.0 Å². The Morgan fingerprint density at radius 2 is 2.14 bits per heavy atom. The predicted octanol–water partition coefficient (Wildman–Crippen LogP) is 0.249. The SMILES string of the molecule is COc1ccnc(N2CC(NS(C)(=O)=O)C(C3CC3)C2)n1. The summed E-state index contributed by atoms with van der Waals surface area (Å²) in [5, 5.41) is 0. The summed E-state index contributed by atoms with van der Waals surface area (Å²) < 4.78 is 31.0. The van der Waals surface area contributed by atoms with Gasteiger partial charge in [-0.3, -0.25) is 0 Å². The Labute approximate surface area is 124 Å². The minimum atomic E-state index is -3.21. The van der Waals surface area contributed by atoms with E-state index in [1.54, 1.807) is 19.4 Å². The molecule has 2 atom stereocenters. The molecule has 0 bridgehead atoms. The number of hydrogen-bond acceptors (Lipinski definition) is 6. The summed E-state index contributed by atoms with van der Waals surface area (Å²) in [4.78, 5) is 10.6. The predicted molar refractivity (Wildman–Crippen MR) is 78.8 cm³/mol. The van der Waals surface area contributed by atoms with Gasteiger partial charge in [-0.15, -0.1) is 0 Å². The fraction of sp³-hybridized carbons (Fsp3) is 0.692. The lowest BCUT2D eigenvalue weighted by Crippen LogP contribution is -2.40. The molecule has 2 aliphatic rings. The Kier molecular flexibility index (Phi) is 3.75. The number of rotatable bonds is 5. The maximum absolute atomic E-state index is 11.5. The van der Waals surface area contributed by atoms with Crippen molar-refractivity contribution in [2.24, 2.45) is 11.8 Å². The molecule has 1 saturated heterocycles. The van der Waals surface area contributed by atoms with Gasteiger partial charge in [0.25, 0.3) is 0 Å². The molecule has 0 spiro atoms. The third-order valence-corrected chi connectivity index (χ3v) is 4.80. The summed E-state index contributed by atoms with van der Waals surface area (Å²) in [6, 6.07) is 1.63. The van der Waals surface area contributed by atoms with Crippen LogP contribution in [0.15, 0.2) is 12.3 Å². The van der Waals surface area contributed by atoms with Crippen LogP contribution in [0.1, 0.15) is 12.8 Å². The molecular formula is C13H20N4O3S. The highest BCUT2D eigenvalue weighted by Gasteiger charge is 2.44. The first-order chi connectivity index (χ1) is 9.96. The fourth-order valence-electron chi connectivity index (χ4n) is 2.99. The first kappa shape index (κ1) is 14.5. The second-order valence-corrected chi connectivity index (χ2v) is 7.58. The van der Waals surface area contributed by atoms with Gasteiger partial charge in [0.1, 0.15) is 0 Å². The van der Waals surface area contributed by atoms with Crippen LogP contribution in [0.4, 0.5) is 5.95 Å². The molecule has 2 unspecified atom stereocenters. The molecule has 8 heteroatoms. The quantitative estimate of drug-likeness (QED) is 0.839. The van der Waals surface area contributed by atoms with Gasteiger partial charge >= 0.3 is 0 Å². The fourth-order valence-corrected chi connectivity index (χ4v) is 3.79. The molecule has 1 N–H and O–H groups in total. The van der Waals surface area contributed by atoms with Crippen molar-refractivity contribution in [2.75, 3.05) is 31.4 Å². The number of sulfonamides is 1. The first-order valence-electron chi connectivity index (χ1n) is 7.05. The molecule has 116 valence electrons. The molecular weight excluding hydrogens is 292 g/mol. The molecule has 1 aliphatic carbocycles. The van der Waals surface area contributed by atoms with Gasteiger partial charge in [0.15, 0.2) is 0 Å². The minimum Gasteiger partial charge on any atom is -0.481 e. The summed E-state index contributed by atoms with van der Waals surface area (Å²) in [5.41, 5.74) is 0. The van der Waals surface area contributed by atoms with Gasteiger partial charge in [-0.2, -0.15) is 4.98 Å². The molecule has 7 nitrogen and oxygen atoms in total. The molecule has 2 heterocycles. The van der Waals surface area contributed by atoms with Crippen molar-refractivity contribution in [3.63, 3.8) is 0 Å². The monoisotopic (exact) mass is 312 g/mol. The van der Waals surface area contributed by atoms with E-state index in [9.17, 15) is 8.42 Å². The van der Waals surface area contributed by atoms with Crippen LogP contribution in [0.5, 0.6) is 5.88 Å². The topological polar surface area (TPSA) is 84.4 Å². The van der Waals surface area contributed by atoms with Gasteiger partial charge in [-0.1, -0.05) is 0 Å². The first-order valence-corrected chi connectivity index (χ1v) is 8.94. The number of hydrogen-bond donors (Lipinski definition) is 1. The Balaban J connectivity index is 1.78. The summed E-state index contributed by atoms with van der Waals surface area (Å²) >= 11 is 0. The average Bonchev–Trinajstić information content (AvgIpc) is 3.19. The number of methoxy groups -OCH3 is 1. The summed E-state index contributed by atoms with van der Waals surface area (Å²) in [5.74, 6) is 2.05. The Bertz CT molecular complexity index is 618. The molecule has 0 aromatic carbocycles. The molecule has 21 heavy (non-hydrogen) atoms. The molecule has 1 saturated carbocycles. The lowest BCUT2D eigenvalue weighted by Gasteiger charge is -2.17. The van der Waals surface area contributed by atoms with Crippen molar-refractivity contribution in [3.05, 3.63) is 12.3 Å². The Morgan fingerprint density at radius 1 is 1.38 bits per heavy atom. The van der Waals surface area contributed by atoms with Crippen LogP contribution in [0, 0.1) is 11.8 Å². The largest absolute Gasteiger partial charge is 0.481 e. The van der Waals surface area contributed by atoms with E-state index in [1.165, 1.54) is 19.1 Å². The van der Waals surface area contributed by atoms with Crippen molar-refractivity contribution in [1.82, 2.24) is 14.7 Å². The van der Waals surface area contributed by atoms with E-state index in [0.29, 0.717) is 30.2 Å². The number of aromatic nitrogens is 2. The van der Waals surface area contributed by atoms with Crippen LogP contribution in [-0.4, -0.2) is 50.9 Å². The van der Waals surface area contributed by atoms with E-state index in [1.807, 2.05) is 4.90 Å². The van der Waals surface area contributed by atoms with E-state index < -0.39 is 10.0 Å². The van der Waals surface area contributed by atoms with Gasteiger partial charge in [0, 0.05) is 31.4 Å². The van der Waals surface area contributed by atoms with E-state index in [2.05, 4.69) is 14.7 Å². The number of anilines is 1. The maximum Gasteiger partial charge on any atom is 0.228 e. The second kappa shape index (κ2) is 5.42. The second-order valence-electron chi connectivity index (χ2n) is 5.80. The van der Waals surface area contributed by atoms with Gasteiger partial charge in [-0.25, -0.2) is 18.1 Å². The van der Waals surface area contributed by atoms with Crippen molar-refractivity contribution in [2.45, 2.75) is 18.9 Å². The highest BCUT2D eigenvalue weighted by Crippen LogP contribution is 2.42. The van der Waals surface area contributed by atoms with E-state index in [0.717, 1.165) is 6.54 Å². The van der Waals surface area contributed by atoms with Crippen molar-refractivity contribution in [3.8, 4) is 5.88 Å². The molecule has 1 aromatic rings. The van der Waals surface area contributed by atoms with Gasteiger partial charge in [-0.05, 0) is 24.7 Å². The third kappa shape index (κ3) is 3.44. The lowest BCUT2D eigenvalue weighted by molar-refractivity contribution is 0.396. The average molecular weight is 312 g/mol. The highest BCUT2D eigenvalue weighted by molar-refractivity contribution is 7.88. The zero-order valence-corrected chi connectivity index (χ0v) is 13.0. The van der Waals surface area contributed by atoms with Crippen LogP contribution < -0.4 is 14.4 Å². The molecule has 2 fully saturated rings. The van der Waals surface area contributed by atoms with Crippen molar-refractivity contribution < 1.29 is 13.2 Å². The summed E-state index contributed by atoms with van der Waals surface area (Å²) in [7, 11) is -1.64. The minimum absolute atomic E-state index is 0.0673. The number of nitrogens with one attached hydrogen (secondary N) is 1. The Morgan fingerprint density at radius 3 is 2.76 bits per heavy atom. The van der Waals surface area contributed by atoms with E-state index >= 15 is 0 Å². The summed E-state index contributed by atoms with van der Waals surface area (Å²) in [6.45, 7) is 1.38. The van der Waals surface area contributed by atoms with E-state index in [4.69, 9.17) is 4.74 Å². The lowest BCUT2D eigenvalue weighted by atomic mass is 9.99. The van der Waals surface area contributed by atoms with Crippen molar-refractivity contribution in [1.29, 1.82) is 0 Å².